The minimum Gasteiger partial charge on any atom is -0.396 e. The summed E-state index contributed by atoms with van der Waals surface area (Å²) >= 11 is 0. The second-order valence-electron chi connectivity index (χ2n) is 3.99. The summed E-state index contributed by atoms with van der Waals surface area (Å²) in [6, 6.07) is 8.07. The number of aromatic nitrogens is 1. The third kappa shape index (κ3) is 2.26. The smallest absolute Gasteiger partial charge is 0.0682 e. The van der Waals surface area contributed by atoms with Crippen LogP contribution in [0, 0.1) is 0 Å². The van der Waals surface area contributed by atoms with Crippen molar-refractivity contribution >= 4 is 10.9 Å². The molecule has 3 nitrogen and oxygen atoms in total. The Morgan fingerprint density at radius 2 is 1.94 bits per heavy atom. The fourth-order valence-electron chi connectivity index (χ4n) is 1.94. The number of aliphatic hydroxyl groups is 2. The highest BCUT2D eigenvalue weighted by molar-refractivity contribution is 5.80. The Morgan fingerprint density at radius 3 is 2.69 bits per heavy atom. The largest absolute Gasteiger partial charge is 0.396 e. The molecule has 0 saturated carbocycles. The molecule has 0 atom stereocenters. The van der Waals surface area contributed by atoms with Crippen LogP contribution in [0.4, 0.5) is 0 Å². The zero-order valence-corrected chi connectivity index (χ0v) is 9.26. The Morgan fingerprint density at radius 1 is 1.06 bits per heavy atom. The van der Waals surface area contributed by atoms with Crippen LogP contribution in [0.5, 0.6) is 0 Å². The number of benzene rings is 1. The Labute approximate surface area is 94.9 Å². The lowest BCUT2D eigenvalue weighted by Gasteiger charge is -2.05. The van der Waals surface area contributed by atoms with Crippen molar-refractivity contribution in [3.63, 3.8) is 0 Å². The van der Waals surface area contributed by atoms with Crippen molar-refractivity contribution in [2.24, 2.45) is 0 Å². The standard InChI is InChI=1S/C13H17NO2/c15-8-2-1-6-14-7-5-12-9-11(10-16)3-4-13(12)14/h3-5,7,9,15-16H,1-2,6,8,10H2. The molecule has 1 aromatic carbocycles. The van der Waals surface area contributed by atoms with Crippen molar-refractivity contribution < 1.29 is 10.2 Å². The summed E-state index contributed by atoms with van der Waals surface area (Å²) in [4.78, 5) is 0. The molecule has 2 aromatic rings. The van der Waals surface area contributed by atoms with Crippen LogP contribution in [0.2, 0.25) is 0 Å². The molecule has 1 aromatic heterocycles. The lowest BCUT2D eigenvalue weighted by molar-refractivity contribution is 0.281. The maximum absolute atomic E-state index is 9.04. The number of hydrogen-bond acceptors (Lipinski definition) is 2. The van der Waals surface area contributed by atoms with E-state index in [1.54, 1.807) is 0 Å². The van der Waals surface area contributed by atoms with Gasteiger partial charge in [-0.1, -0.05) is 6.07 Å². The summed E-state index contributed by atoms with van der Waals surface area (Å²) in [5.41, 5.74) is 2.13. The molecule has 0 bridgehead atoms. The molecular weight excluding hydrogens is 202 g/mol. The van der Waals surface area contributed by atoms with Crippen molar-refractivity contribution in [1.29, 1.82) is 0 Å². The Bertz CT molecular complexity index is 462. The van der Waals surface area contributed by atoms with Crippen LogP contribution in [0.25, 0.3) is 10.9 Å². The number of nitrogens with zero attached hydrogens (tertiary/aromatic N) is 1. The molecule has 2 rings (SSSR count). The fraction of sp³-hybridized carbons (Fsp3) is 0.385. The van der Waals surface area contributed by atoms with Gasteiger partial charge < -0.3 is 14.8 Å². The van der Waals surface area contributed by atoms with Crippen LogP contribution in [-0.2, 0) is 13.2 Å². The van der Waals surface area contributed by atoms with Gasteiger partial charge in [0.15, 0.2) is 0 Å². The summed E-state index contributed by atoms with van der Waals surface area (Å²) in [6.45, 7) is 1.28. The molecule has 3 heteroatoms. The zero-order chi connectivity index (χ0) is 11.4. The third-order valence-electron chi connectivity index (χ3n) is 2.83. The summed E-state index contributed by atoms with van der Waals surface area (Å²) in [6.07, 6.45) is 3.89. The van der Waals surface area contributed by atoms with Crippen molar-refractivity contribution in [3.05, 3.63) is 36.0 Å². The quantitative estimate of drug-likeness (QED) is 0.754. The van der Waals surface area contributed by atoms with E-state index in [1.165, 1.54) is 5.52 Å². The van der Waals surface area contributed by atoms with E-state index in [0.717, 1.165) is 30.3 Å². The molecule has 0 unspecified atom stereocenters. The van der Waals surface area contributed by atoms with Gasteiger partial charge in [0.2, 0.25) is 0 Å². The molecule has 1 heterocycles. The molecule has 86 valence electrons. The number of rotatable bonds is 5. The molecule has 0 spiro atoms. The number of hydrogen-bond donors (Lipinski definition) is 2. The number of fused-ring (bicyclic) bond motifs is 1. The van der Waals surface area contributed by atoms with Crippen LogP contribution < -0.4 is 0 Å². The van der Waals surface area contributed by atoms with E-state index >= 15 is 0 Å². The van der Waals surface area contributed by atoms with Gasteiger partial charge in [0.25, 0.3) is 0 Å². The first-order valence-electron chi connectivity index (χ1n) is 5.64. The average molecular weight is 219 g/mol. The van der Waals surface area contributed by atoms with Gasteiger partial charge in [-0.15, -0.1) is 0 Å². The second kappa shape index (κ2) is 5.14. The maximum Gasteiger partial charge on any atom is 0.0682 e. The molecular formula is C13H17NO2. The third-order valence-corrected chi connectivity index (χ3v) is 2.83. The minimum absolute atomic E-state index is 0.0889. The molecule has 0 aliphatic rings. The summed E-state index contributed by atoms with van der Waals surface area (Å²) in [7, 11) is 0. The fourth-order valence-corrected chi connectivity index (χ4v) is 1.94. The van der Waals surface area contributed by atoms with E-state index in [-0.39, 0.29) is 13.2 Å². The SMILES string of the molecule is OCCCCn1ccc2cc(CO)ccc21. The van der Waals surface area contributed by atoms with Gasteiger partial charge in [0.05, 0.1) is 6.61 Å². The highest BCUT2D eigenvalue weighted by Gasteiger charge is 2.01. The molecule has 0 radical (unpaired) electrons. The average Bonchev–Trinajstić information content (AvgIpc) is 2.72. The number of aliphatic hydroxyl groups excluding tert-OH is 2. The lowest BCUT2D eigenvalue weighted by atomic mass is 10.2. The van der Waals surface area contributed by atoms with Crippen molar-refractivity contribution in [2.75, 3.05) is 6.61 Å². The zero-order valence-electron chi connectivity index (χ0n) is 9.26. The van der Waals surface area contributed by atoms with E-state index in [4.69, 9.17) is 10.2 Å². The van der Waals surface area contributed by atoms with Gasteiger partial charge in [0, 0.05) is 24.9 Å². The maximum atomic E-state index is 9.04. The van der Waals surface area contributed by atoms with Crippen LogP contribution in [0.15, 0.2) is 30.5 Å². The van der Waals surface area contributed by atoms with Crippen LogP contribution in [0.1, 0.15) is 18.4 Å². The van der Waals surface area contributed by atoms with Gasteiger partial charge in [-0.2, -0.15) is 0 Å². The normalized spacial score (nSPS) is 11.1. The van der Waals surface area contributed by atoms with E-state index in [0.29, 0.717) is 0 Å². The highest BCUT2D eigenvalue weighted by Crippen LogP contribution is 2.18. The molecule has 0 aliphatic heterocycles. The first-order valence-corrected chi connectivity index (χ1v) is 5.64. The molecule has 0 fully saturated rings. The lowest BCUT2D eigenvalue weighted by Crippen LogP contribution is -1.97. The number of aryl methyl sites for hydroxylation is 1. The molecule has 0 amide bonds. The van der Waals surface area contributed by atoms with Crippen molar-refractivity contribution in [3.8, 4) is 0 Å². The summed E-state index contributed by atoms with van der Waals surface area (Å²) in [5, 5.41) is 18.9. The van der Waals surface area contributed by atoms with E-state index in [9.17, 15) is 0 Å². The summed E-state index contributed by atoms with van der Waals surface area (Å²) < 4.78 is 2.19. The van der Waals surface area contributed by atoms with Crippen molar-refractivity contribution in [2.45, 2.75) is 26.0 Å². The highest BCUT2D eigenvalue weighted by atomic mass is 16.3. The van der Waals surface area contributed by atoms with Crippen LogP contribution >= 0.6 is 0 Å². The Balaban J connectivity index is 2.20. The monoisotopic (exact) mass is 219 g/mol. The van der Waals surface area contributed by atoms with E-state index < -0.39 is 0 Å². The molecule has 2 N–H and O–H groups in total. The van der Waals surface area contributed by atoms with Crippen LogP contribution in [-0.4, -0.2) is 21.4 Å². The molecule has 0 aliphatic carbocycles. The Hall–Kier alpha value is -1.32. The second-order valence-corrected chi connectivity index (χ2v) is 3.99. The van der Waals surface area contributed by atoms with E-state index in [1.807, 2.05) is 18.2 Å². The predicted molar refractivity (Wildman–Crippen MR) is 64.2 cm³/mol. The van der Waals surface area contributed by atoms with Gasteiger partial charge in [-0.25, -0.2) is 0 Å². The number of unbranched alkanes of at least 4 members (excludes halogenated alkanes) is 1. The summed E-state index contributed by atoms with van der Waals surface area (Å²) in [5.74, 6) is 0. The van der Waals surface area contributed by atoms with Gasteiger partial charge in [0.1, 0.15) is 0 Å². The van der Waals surface area contributed by atoms with Crippen LogP contribution in [0.3, 0.4) is 0 Å². The first kappa shape index (κ1) is 11.2. The first-order chi connectivity index (χ1) is 7.85. The molecule has 16 heavy (non-hydrogen) atoms. The van der Waals surface area contributed by atoms with Gasteiger partial charge in [-0.3, -0.25) is 0 Å². The van der Waals surface area contributed by atoms with Gasteiger partial charge in [-0.05, 0) is 42.0 Å². The van der Waals surface area contributed by atoms with E-state index in [2.05, 4.69) is 16.8 Å². The Kier molecular flexibility index (Phi) is 3.59. The minimum atomic E-state index is 0.0889. The predicted octanol–water partition coefficient (Wildman–Crippen LogP) is 1.91. The van der Waals surface area contributed by atoms with Gasteiger partial charge >= 0.3 is 0 Å². The molecule has 0 saturated heterocycles. The van der Waals surface area contributed by atoms with Crippen molar-refractivity contribution in [1.82, 2.24) is 4.57 Å². The topological polar surface area (TPSA) is 45.4 Å².